The van der Waals surface area contributed by atoms with E-state index in [0.29, 0.717) is 24.2 Å². The molecule has 0 bridgehead atoms. The lowest BCUT2D eigenvalue weighted by molar-refractivity contribution is 0.0144. The number of amides is 1. The predicted octanol–water partition coefficient (Wildman–Crippen LogP) is 3.23. The van der Waals surface area contributed by atoms with Gasteiger partial charge in [-0.2, -0.15) is 0 Å². The van der Waals surface area contributed by atoms with E-state index >= 15 is 0 Å². The first-order valence-electron chi connectivity index (χ1n) is 6.48. The van der Waals surface area contributed by atoms with Crippen LogP contribution in [0.4, 0.5) is 4.39 Å². The molecule has 0 unspecified atom stereocenters. The van der Waals surface area contributed by atoms with Gasteiger partial charge in [-0.3, -0.25) is 4.79 Å². The SMILES string of the molecule is CCOC1CCN(C(=O)c2c(F)cccc2Br)CC1. The van der Waals surface area contributed by atoms with Crippen LogP contribution >= 0.6 is 15.9 Å². The second-order valence-corrected chi connectivity index (χ2v) is 5.40. The lowest BCUT2D eigenvalue weighted by atomic mass is 10.1. The van der Waals surface area contributed by atoms with Crippen LogP contribution in [0.1, 0.15) is 30.1 Å². The van der Waals surface area contributed by atoms with Gasteiger partial charge < -0.3 is 9.64 Å². The number of carbonyl (C=O) groups excluding carboxylic acids is 1. The second-order valence-electron chi connectivity index (χ2n) is 4.54. The lowest BCUT2D eigenvalue weighted by Gasteiger charge is -2.32. The number of carbonyl (C=O) groups is 1. The highest BCUT2D eigenvalue weighted by Crippen LogP contribution is 2.23. The van der Waals surface area contributed by atoms with Crippen LogP contribution in [0, 0.1) is 5.82 Å². The minimum atomic E-state index is -0.480. The lowest BCUT2D eigenvalue weighted by Crippen LogP contribution is -2.41. The Hall–Kier alpha value is -0.940. The van der Waals surface area contributed by atoms with Gasteiger partial charge in [0.25, 0.3) is 5.91 Å². The van der Waals surface area contributed by atoms with Crippen molar-refractivity contribution in [1.82, 2.24) is 4.90 Å². The molecule has 5 heteroatoms. The first-order chi connectivity index (χ1) is 9.13. The molecule has 1 fully saturated rings. The highest BCUT2D eigenvalue weighted by molar-refractivity contribution is 9.10. The maximum absolute atomic E-state index is 13.8. The van der Waals surface area contributed by atoms with E-state index in [0.717, 1.165) is 12.8 Å². The van der Waals surface area contributed by atoms with Crippen LogP contribution in [0.2, 0.25) is 0 Å². The van der Waals surface area contributed by atoms with Crippen molar-refractivity contribution in [2.24, 2.45) is 0 Å². The van der Waals surface area contributed by atoms with E-state index < -0.39 is 5.82 Å². The minimum Gasteiger partial charge on any atom is -0.378 e. The van der Waals surface area contributed by atoms with Crippen molar-refractivity contribution in [1.29, 1.82) is 0 Å². The number of ether oxygens (including phenoxy) is 1. The maximum Gasteiger partial charge on any atom is 0.257 e. The fraction of sp³-hybridized carbons (Fsp3) is 0.500. The smallest absolute Gasteiger partial charge is 0.257 e. The molecule has 0 saturated carbocycles. The molecule has 0 N–H and O–H groups in total. The summed E-state index contributed by atoms with van der Waals surface area (Å²) < 4.78 is 19.8. The Kier molecular flexibility index (Phi) is 4.93. The molecule has 1 aromatic rings. The van der Waals surface area contributed by atoms with E-state index in [1.165, 1.54) is 6.07 Å². The summed E-state index contributed by atoms with van der Waals surface area (Å²) in [6, 6.07) is 4.58. The molecular formula is C14H17BrFNO2. The number of benzene rings is 1. The Morgan fingerprint density at radius 3 is 2.74 bits per heavy atom. The molecular weight excluding hydrogens is 313 g/mol. The van der Waals surface area contributed by atoms with Crippen molar-refractivity contribution in [2.45, 2.75) is 25.9 Å². The van der Waals surface area contributed by atoms with Crippen molar-refractivity contribution in [3.05, 3.63) is 34.1 Å². The van der Waals surface area contributed by atoms with Crippen molar-refractivity contribution >= 4 is 21.8 Å². The van der Waals surface area contributed by atoms with Gasteiger partial charge in [0.1, 0.15) is 5.82 Å². The molecule has 1 aliphatic heterocycles. The Morgan fingerprint density at radius 2 is 2.16 bits per heavy atom. The molecule has 0 atom stereocenters. The summed E-state index contributed by atoms with van der Waals surface area (Å²) in [7, 11) is 0. The molecule has 0 aromatic heterocycles. The molecule has 3 nitrogen and oxygen atoms in total. The van der Waals surface area contributed by atoms with Gasteiger partial charge in [0.05, 0.1) is 11.7 Å². The quantitative estimate of drug-likeness (QED) is 0.852. The molecule has 1 aliphatic rings. The first kappa shape index (κ1) is 14.5. The number of rotatable bonds is 3. The van der Waals surface area contributed by atoms with Gasteiger partial charge in [-0.15, -0.1) is 0 Å². The van der Waals surface area contributed by atoms with Gasteiger partial charge in [-0.25, -0.2) is 4.39 Å². The largest absolute Gasteiger partial charge is 0.378 e. The average Bonchev–Trinajstić information content (AvgIpc) is 2.39. The van der Waals surface area contributed by atoms with Gasteiger partial charge in [-0.1, -0.05) is 6.07 Å². The van der Waals surface area contributed by atoms with E-state index in [4.69, 9.17) is 4.74 Å². The highest BCUT2D eigenvalue weighted by Gasteiger charge is 2.26. The standard InChI is InChI=1S/C14H17BrFNO2/c1-2-19-10-6-8-17(9-7-10)14(18)13-11(15)4-3-5-12(13)16/h3-5,10H,2,6-9H2,1H3. The van der Waals surface area contributed by atoms with Crippen molar-refractivity contribution in [3.8, 4) is 0 Å². The predicted molar refractivity (Wildman–Crippen MR) is 74.7 cm³/mol. The van der Waals surface area contributed by atoms with Crippen LogP contribution in [0.15, 0.2) is 22.7 Å². The number of hydrogen-bond acceptors (Lipinski definition) is 2. The molecule has 0 spiro atoms. The van der Waals surface area contributed by atoms with Crippen LogP contribution in [0.25, 0.3) is 0 Å². The molecule has 2 rings (SSSR count). The number of hydrogen-bond donors (Lipinski definition) is 0. The number of halogens is 2. The zero-order valence-electron chi connectivity index (χ0n) is 10.9. The van der Waals surface area contributed by atoms with Crippen LogP contribution in [0.5, 0.6) is 0 Å². The molecule has 104 valence electrons. The molecule has 19 heavy (non-hydrogen) atoms. The normalized spacial score (nSPS) is 16.7. The Bertz CT molecular complexity index is 439. The molecule has 0 aliphatic carbocycles. The van der Waals surface area contributed by atoms with Gasteiger partial charge in [0.2, 0.25) is 0 Å². The summed E-state index contributed by atoms with van der Waals surface area (Å²) >= 11 is 3.24. The molecule has 1 aromatic carbocycles. The molecule has 0 radical (unpaired) electrons. The second kappa shape index (κ2) is 6.48. The van der Waals surface area contributed by atoms with Crippen molar-refractivity contribution in [2.75, 3.05) is 19.7 Å². The van der Waals surface area contributed by atoms with Crippen molar-refractivity contribution < 1.29 is 13.9 Å². The van der Waals surface area contributed by atoms with Crippen LogP contribution in [0.3, 0.4) is 0 Å². The number of likely N-dealkylation sites (tertiary alicyclic amines) is 1. The Balaban J connectivity index is 2.05. The molecule has 1 saturated heterocycles. The van der Waals surface area contributed by atoms with E-state index in [9.17, 15) is 9.18 Å². The van der Waals surface area contributed by atoms with Crippen LogP contribution < -0.4 is 0 Å². The number of piperidine rings is 1. The number of nitrogens with zero attached hydrogens (tertiary/aromatic N) is 1. The van der Waals surface area contributed by atoms with E-state index in [1.54, 1.807) is 17.0 Å². The fourth-order valence-electron chi connectivity index (χ4n) is 2.32. The summed E-state index contributed by atoms with van der Waals surface area (Å²) in [4.78, 5) is 14.0. The topological polar surface area (TPSA) is 29.5 Å². The van der Waals surface area contributed by atoms with Gasteiger partial charge in [0.15, 0.2) is 0 Å². The first-order valence-corrected chi connectivity index (χ1v) is 7.27. The zero-order valence-corrected chi connectivity index (χ0v) is 12.5. The average molecular weight is 330 g/mol. The minimum absolute atomic E-state index is 0.123. The van der Waals surface area contributed by atoms with Gasteiger partial charge >= 0.3 is 0 Å². The summed E-state index contributed by atoms with van der Waals surface area (Å²) in [5, 5.41) is 0. The Morgan fingerprint density at radius 1 is 1.47 bits per heavy atom. The van der Waals surface area contributed by atoms with Crippen LogP contribution in [-0.4, -0.2) is 36.6 Å². The molecule has 1 amide bonds. The summed E-state index contributed by atoms with van der Waals surface area (Å²) in [5.41, 5.74) is 0.123. The maximum atomic E-state index is 13.8. The van der Waals surface area contributed by atoms with Gasteiger partial charge in [-0.05, 0) is 47.8 Å². The third-order valence-electron chi connectivity index (χ3n) is 3.31. The summed E-state index contributed by atoms with van der Waals surface area (Å²) in [6.45, 7) is 3.89. The van der Waals surface area contributed by atoms with Gasteiger partial charge in [0, 0.05) is 24.2 Å². The molecule has 1 heterocycles. The van der Waals surface area contributed by atoms with Crippen LogP contribution in [-0.2, 0) is 4.74 Å². The highest BCUT2D eigenvalue weighted by atomic mass is 79.9. The van der Waals surface area contributed by atoms with E-state index in [2.05, 4.69) is 15.9 Å². The summed E-state index contributed by atoms with van der Waals surface area (Å²) in [5.74, 6) is -0.730. The zero-order chi connectivity index (χ0) is 13.8. The third-order valence-corrected chi connectivity index (χ3v) is 3.97. The van der Waals surface area contributed by atoms with E-state index in [1.807, 2.05) is 6.92 Å². The van der Waals surface area contributed by atoms with E-state index in [-0.39, 0.29) is 17.6 Å². The Labute approximate surface area is 120 Å². The fourth-order valence-corrected chi connectivity index (χ4v) is 2.83. The van der Waals surface area contributed by atoms with Crippen molar-refractivity contribution in [3.63, 3.8) is 0 Å². The summed E-state index contributed by atoms with van der Waals surface area (Å²) in [6.07, 6.45) is 1.84. The monoisotopic (exact) mass is 329 g/mol. The third kappa shape index (κ3) is 3.34.